The van der Waals surface area contributed by atoms with Crippen molar-refractivity contribution in [3.8, 4) is 0 Å². The molecule has 148 valence electrons. The maximum Gasteiger partial charge on any atom is 0.191 e. The van der Waals surface area contributed by atoms with Crippen molar-refractivity contribution in [3.63, 3.8) is 0 Å². The third-order valence-electron chi connectivity index (χ3n) is 4.28. The molecule has 0 spiro atoms. The summed E-state index contributed by atoms with van der Waals surface area (Å²) in [6.07, 6.45) is 2.12. The van der Waals surface area contributed by atoms with Crippen molar-refractivity contribution in [2.45, 2.75) is 19.9 Å². The van der Waals surface area contributed by atoms with Crippen LogP contribution in [0.3, 0.4) is 0 Å². The summed E-state index contributed by atoms with van der Waals surface area (Å²) in [6, 6.07) is 9.08. The molecule has 1 unspecified atom stereocenters. The Bertz CT molecular complexity index is 538. The Balaban J connectivity index is 0.00000338. The first-order valence-electron chi connectivity index (χ1n) is 9.14. The molecule has 1 saturated heterocycles. The quantitative estimate of drug-likeness (QED) is 0.253. The van der Waals surface area contributed by atoms with Crippen LogP contribution in [0.15, 0.2) is 29.3 Å². The second kappa shape index (κ2) is 13.6. The van der Waals surface area contributed by atoms with E-state index in [1.54, 1.807) is 0 Å². The molecule has 7 heteroatoms. The van der Waals surface area contributed by atoms with Gasteiger partial charge < -0.3 is 15.4 Å². The molecule has 1 heterocycles. The maximum atomic E-state index is 5.53. The summed E-state index contributed by atoms with van der Waals surface area (Å²) in [5.41, 5.74) is 2.63. The van der Waals surface area contributed by atoms with Crippen LogP contribution in [0, 0.1) is 6.92 Å². The molecule has 1 atom stereocenters. The fraction of sp³-hybridized carbons (Fsp3) is 0.632. The lowest BCUT2D eigenvalue weighted by molar-refractivity contribution is 0.0179. The molecule has 1 aromatic rings. The zero-order valence-electron chi connectivity index (χ0n) is 16.2. The summed E-state index contributed by atoms with van der Waals surface area (Å²) in [5.74, 6) is 1.98. The predicted molar refractivity (Wildman–Crippen MR) is 124 cm³/mol. The Morgan fingerprint density at radius 1 is 1.31 bits per heavy atom. The number of benzene rings is 1. The molecule has 2 rings (SSSR count). The number of hydrogen-bond donors (Lipinski definition) is 2. The van der Waals surface area contributed by atoms with E-state index in [0.29, 0.717) is 6.04 Å². The minimum absolute atomic E-state index is 0. The lowest BCUT2D eigenvalue weighted by Crippen LogP contribution is -2.42. The molecule has 26 heavy (non-hydrogen) atoms. The van der Waals surface area contributed by atoms with Gasteiger partial charge in [0.05, 0.1) is 25.8 Å². The highest BCUT2D eigenvalue weighted by Crippen LogP contribution is 2.23. The first kappa shape index (κ1) is 23.5. The maximum absolute atomic E-state index is 5.53. The van der Waals surface area contributed by atoms with Crippen molar-refractivity contribution in [3.05, 3.63) is 35.4 Å². The van der Waals surface area contributed by atoms with Crippen LogP contribution in [0.5, 0.6) is 0 Å². The number of ether oxygens (including phenoxy) is 1. The van der Waals surface area contributed by atoms with Crippen molar-refractivity contribution in [2.24, 2.45) is 4.99 Å². The van der Waals surface area contributed by atoms with Gasteiger partial charge >= 0.3 is 0 Å². The summed E-state index contributed by atoms with van der Waals surface area (Å²) >= 11 is 1.84. The van der Waals surface area contributed by atoms with Gasteiger partial charge in [-0.2, -0.15) is 11.8 Å². The third kappa shape index (κ3) is 8.02. The standard InChI is InChI=1S/C19H32N4OS.HI/c1-4-20-19(21-8-13-25-3)22-15-18(23-9-11-24-12-10-23)17-7-5-6-16(2)14-17;/h5-7,14,18H,4,8-13,15H2,1-3H3,(H2,20,21,22);1H. The van der Waals surface area contributed by atoms with Gasteiger partial charge in [-0.15, -0.1) is 24.0 Å². The first-order chi connectivity index (χ1) is 12.2. The lowest BCUT2D eigenvalue weighted by Gasteiger charge is -2.34. The molecule has 1 fully saturated rings. The van der Waals surface area contributed by atoms with Crippen molar-refractivity contribution in [2.75, 3.05) is 57.9 Å². The van der Waals surface area contributed by atoms with Gasteiger partial charge in [-0.3, -0.25) is 9.89 Å². The summed E-state index contributed by atoms with van der Waals surface area (Å²) in [5, 5.41) is 6.77. The van der Waals surface area contributed by atoms with Gasteiger partial charge in [-0.1, -0.05) is 29.8 Å². The molecule has 0 saturated carbocycles. The SMILES string of the molecule is CCNC(=NCC(c1cccc(C)c1)N1CCOCC1)NCCSC.I. The van der Waals surface area contributed by atoms with E-state index in [9.17, 15) is 0 Å². The molecule has 0 amide bonds. The van der Waals surface area contributed by atoms with Crippen LogP contribution in [0.4, 0.5) is 0 Å². The second-order valence-electron chi connectivity index (χ2n) is 6.22. The molecule has 1 aliphatic rings. The molecular weight excluding hydrogens is 459 g/mol. The van der Waals surface area contributed by atoms with Crippen molar-refractivity contribution < 1.29 is 4.74 Å². The largest absolute Gasteiger partial charge is 0.379 e. The molecule has 0 bridgehead atoms. The molecular formula is C19H33IN4OS. The number of morpholine rings is 1. The molecule has 1 aromatic carbocycles. The van der Waals surface area contributed by atoms with Gasteiger partial charge in [-0.25, -0.2) is 0 Å². The van der Waals surface area contributed by atoms with E-state index in [0.717, 1.165) is 57.6 Å². The van der Waals surface area contributed by atoms with E-state index in [-0.39, 0.29) is 24.0 Å². The fourth-order valence-corrected chi connectivity index (χ4v) is 3.30. The molecule has 5 nitrogen and oxygen atoms in total. The van der Waals surface area contributed by atoms with Crippen molar-refractivity contribution in [1.29, 1.82) is 0 Å². The minimum atomic E-state index is 0. The van der Waals surface area contributed by atoms with Crippen LogP contribution in [-0.4, -0.2) is 68.8 Å². The number of aryl methyl sites for hydroxylation is 1. The Morgan fingerprint density at radius 3 is 2.73 bits per heavy atom. The minimum Gasteiger partial charge on any atom is -0.379 e. The van der Waals surface area contributed by atoms with Crippen LogP contribution in [0.1, 0.15) is 24.1 Å². The highest BCUT2D eigenvalue weighted by Gasteiger charge is 2.22. The van der Waals surface area contributed by atoms with Crippen LogP contribution in [0.25, 0.3) is 0 Å². The van der Waals surface area contributed by atoms with E-state index >= 15 is 0 Å². The number of thioether (sulfide) groups is 1. The number of halogens is 1. The van der Waals surface area contributed by atoms with Gasteiger partial charge in [0.15, 0.2) is 5.96 Å². The molecule has 2 N–H and O–H groups in total. The summed E-state index contributed by atoms with van der Waals surface area (Å²) < 4.78 is 5.53. The Labute approximate surface area is 179 Å². The van der Waals surface area contributed by atoms with E-state index < -0.39 is 0 Å². The Kier molecular flexibility index (Phi) is 12.3. The number of aliphatic imine (C=N–C) groups is 1. The monoisotopic (exact) mass is 492 g/mol. The van der Waals surface area contributed by atoms with Crippen molar-refractivity contribution >= 4 is 41.7 Å². The normalized spacial score (nSPS) is 16.7. The molecule has 1 aliphatic heterocycles. The van der Waals surface area contributed by atoms with Gasteiger partial charge in [0, 0.05) is 31.9 Å². The van der Waals surface area contributed by atoms with E-state index in [1.807, 2.05) is 11.8 Å². The number of rotatable bonds is 8. The van der Waals surface area contributed by atoms with Crippen LogP contribution in [0.2, 0.25) is 0 Å². The Morgan fingerprint density at radius 2 is 2.08 bits per heavy atom. The first-order valence-corrected chi connectivity index (χ1v) is 10.5. The average Bonchev–Trinajstić information content (AvgIpc) is 2.63. The van der Waals surface area contributed by atoms with Gasteiger partial charge in [0.1, 0.15) is 0 Å². The van der Waals surface area contributed by atoms with Crippen LogP contribution in [-0.2, 0) is 4.74 Å². The molecule has 0 aromatic heterocycles. The van der Waals surface area contributed by atoms with E-state index in [1.165, 1.54) is 11.1 Å². The average molecular weight is 492 g/mol. The topological polar surface area (TPSA) is 48.9 Å². The number of nitrogens with zero attached hydrogens (tertiary/aromatic N) is 2. The van der Waals surface area contributed by atoms with Crippen LogP contribution >= 0.6 is 35.7 Å². The summed E-state index contributed by atoms with van der Waals surface area (Å²) in [4.78, 5) is 7.36. The predicted octanol–water partition coefficient (Wildman–Crippen LogP) is 2.90. The van der Waals surface area contributed by atoms with E-state index in [2.05, 4.69) is 59.9 Å². The summed E-state index contributed by atoms with van der Waals surface area (Å²) in [6.45, 7) is 10.3. The number of guanidine groups is 1. The smallest absolute Gasteiger partial charge is 0.191 e. The fourth-order valence-electron chi connectivity index (χ4n) is 2.99. The van der Waals surface area contributed by atoms with Gasteiger partial charge in [-0.05, 0) is 25.7 Å². The third-order valence-corrected chi connectivity index (χ3v) is 4.89. The molecule has 0 radical (unpaired) electrons. The van der Waals surface area contributed by atoms with Crippen LogP contribution < -0.4 is 10.6 Å². The lowest BCUT2D eigenvalue weighted by atomic mass is 10.0. The van der Waals surface area contributed by atoms with Gasteiger partial charge in [0.2, 0.25) is 0 Å². The highest BCUT2D eigenvalue weighted by atomic mass is 127. The van der Waals surface area contributed by atoms with Gasteiger partial charge in [0.25, 0.3) is 0 Å². The highest BCUT2D eigenvalue weighted by molar-refractivity contribution is 14.0. The summed E-state index contributed by atoms with van der Waals surface area (Å²) in [7, 11) is 0. The second-order valence-corrected chi connectivity index (χ2v) is 7.20. The van der Waals surface area contributed by atoms with Crippen molar-refractivity contribution in [1.82, 2.24) is 15.5 Å². The zero-order chi connectivity index (χ0) is 17.9. The van der Waals surface area contributed by atoms with E-state index in [4.69, 9.17) is 9.73 Å². The zero-order valence-corrected chi connectivity index (χ0v) is 19.3. The number of hydrogen-bond acceptors (Lipinski definition) is 4. The Hall–Kier alpha value is -0.510. The molecule has 0 aliphatic carbocycles. The number of nitrogens with one attached hydrogen (secondary N) is 2.